The van der Waals surface area contributed by atoms with Gasteiger partial charge in [-0.25, -0.2) is 4.99 Å². The minimum atomic E-state index is -0.115. The molecule has 8 heteroatoms. The Kier molecular flexibility index (Phi) is 12.3. The van der Waals surface area contributed by atoms with Crippen LogP contribution in [0.1, 0.15) is 29.7 Å². The fraction of sp³-hybridized carbons (Fsp3) is 0.458. The maximum absolute atomic E-state index is 6.14. The summed E-state index contributed by atoms with van der Waals surface area (Å²) in [6.07, 6.45) is -0.115. The maximum Gasteiger partial charge on any atom is 0.191 e. The Morgan fingerprint density at radius 2 is 1.88 bits per heavy atom. The highest BCUT2D eigenvalue weighted by Gasteiger charge is 2.14. The second-order valence-electron chi connectivity index (χ2n) is 7.51. The smallest absolute Gasteiger partial charge is 0.191 e. The Morgan fingerprint density at radius 1 is 1.12 bits per heavy atom. The Balaban J connectivity index is 0.00000363. The molecule has 0 saturated carbocycles. The number of guanidine groups is 1. The monoisotopic (exact) mass is 572 g/mol. The van der Waals surface area contributed by atoms with E-state index < -0.39 is 0 Å². The molecule has 6 nitrogen and oxygen atoms in total. The van der Waals surface area contributed by atoms with Gasteiger partial charge in [0.25, 0.3) is 0 Å². The topological polar surface area (TPSA) is 58.1 Å². The first kappa shape index (κ1) is 26.9. The van der Waals surface area contributed by atoms with E-state index in [-0.39, 0.29) is 30.1 Å². The van der Waals surface area contributed by atoms with E-state index in [9.17, 15) is 0 Å². The lowest BCUT2D eigenvalue weighted by molar-refractivity contribution is 0.0341. The molecule has 32 heavy (non-hydrogen) atoms. The van der Waals surface area contributed by atoms with Crippen LogP contribution < -0.4 is 10.6 Å². The first-order valence-corrected chi connectivity index (χ1v) is 11.2. The number of benzene rings is 2. The highest BCUT2D eigenvalue weighted by molar-refractivity contribution is 14.0. The number of morpholine rings is 1. The van der Waals surface area contributed by atoms with Gasteiger partial charge in [0.1, 0.15) is 0 Å². The molecule has 1 heterocycles. The van der Waals surface area contributed by atoms with E-state index in [2.05, 4.69) is 46.7 Å². The first-order valence-electron chi connectivity index (χ1n) is 10.9. The second-order valence-corrected chi connectivity index (χ2v) is 7.95. The van der Waals surface area contributed by atoms with E-state index >= 15 is 0 Å². The van der Waals surface area contributed by atoms with Crippen molar-refractivity contribution in [3.05, 3.63) is 70.2 Å². The molecule has 0 aromatic heterocycles. The molecular weight excluding hydrogens is 539 g/mol. The molecule has 0 aliphatic carbocycles. The molecule has 0 bridgehead atoms. The predicted molar refractivity (Wildman–Crippen MR) is 142 cm³/mol. The van der Waals surface area contributed by atoms with Crippen molar-refractivity contribution in [2.75, 3.05) is 46.5 Å². The van der Waals surface area contributed by atoms with E-state index in [1.54, 1.807) is 7.11 Å². The van der Waals surface area contributed by atoms with Gasteiger partial charge in [0.05, 0.1) is 25.9 Å². The normalized spacial score (nSPS) is 15.7. The zero-order chi connectivity index (χ0) is 21.9. The summed E-state index contributed by atoms with van der Waals surface area (Å²) in [6, 6.07) is 16.3. The summed E-state index contributed by atoms with van der Waals surface area (Å²) in [7, 11) is 1.71. The molecule has 2 aromatic carbocycles. The number of halogens is 2. The first-order chi connectivity index (χ1) is 15.2. The number of aliphatic imine (C=N–C) groups is 1. The van der Waals surface area contributed by atoms with Crippen molar-refractivity contribution >= 4 is 41.5 Å². The number of hydrogen-bond donors (Lipinski definition) is 2. The zero-order valence-corrected chi connectivity index (χ0v) is 21.9. The van der Waals surface area contributed by atoms with Gasteiger partial charge in [0.15, 0.2) is 5.96 Å². The summed E-state index contributed by atoms with van der Waals surface area (Å²) in [5.74, 6) is 0.771. The Hall–Kier alpha value is -1.39. The molecule has 0 radical (unpaired) electrons. The van der Waals surface area contributed by atoms with E-state index in [4.69, 9.17) is 26.1 Å². The van der Waals surface area contributed by atoms with E-state index in [0.717, 1.165) is 50.9 Å². The average Bonchev–Trinajstić information content (AvgIpc) is 2.79. The summed E-state index contributed by atoms with van der Waals surface area (Å²) in [6.45, 7) is 8.56. The van der Waals surface area contributed by atoms with Gasteiger partial charge >= 0.3 is 0 Å². The summed E-state index contributed by atoms with van der Waals surface area (Å²) in [5.41, 5.74) is 3.59. The van der Waals surface area contributed by atoms with Crippen LogP contribution in [0.25, 0.3) is 0 Å². The highest BCUT2D eigenvalue weighted by atomic mass is 127. The third-order valence-corrected chi connectivity index (χ3v) is 5.56. The van der Waals surface area contributed by atoms with Crippen molar-refractivity contribution in [3.8, 4) is 0 Å². The number of methoxy groups -OCH3 is 1. The van der Waals surface area contributed by atoms with Crippen molar-refractivity contribution in [1.82, 2.24) is 15.5 Å². The van der Waals surface area contributed by atoms with E-state index in [1.807, 2.05) is 24.3 Å². The van der Waals surface area contributed by atoms with Crippen molar-refractivity contribution in [2.45, 2.75) is 26.1 Å². The van der Waals surface area contributed by atoms with Gasteiger partial charge in [-0.1, -0.05) is 48.0 Å². The molecule has 1 atom stereocenters. The fourth-order valence-electron chi connectivity index (χ4n) is 3.61. The maximum atomic E-state index is 6.14. The quantitative estimate of drug-likeness (QED) is 0.268. The fourth-order valence-corrected chi connectivity index (χ4v) is 3.80. The van der Waals surface area contributed by atoms with E-state index in [1.165, 1.54) is 11.1 Å². The molecule has 1 fully saturated rings. The molecule has 2 N–H and O–H groups in total. The third kappa shape index (κ3) is 8.51. The van der Waals surface area contributed by atoms with Crippen LogP contribution in [0.2, 0.25) is 5.02 Å². The average molecular weight is 573 g/mol. The van der Waals surface area contributed by atoms with Crippen LogP contribution in [0, 0.1) is 0 Å². The van der Waals surface area contributed by atoms with Gasteiger partial charge in [-0.05, 0) is 35.7 Å². The van der Waals surface area contributed by atoms with Crippen LogP contribution in [0.15, 0.2) is 53.5 Å². The van der Waals surface area contributed by atoms with Crippen LogP contribution in [0.5, 0.6) is 0 Å². The summed E-state index contributed by atoms with van der Waals surface area (Å²) < 4.78 is 11.1. The molecule has 1 saturated heterocycles. The molecule has 1 aliphatic rings. The van der Waals surface area contributed by atoms with Gasteiger partial charge in [0, 0.05) is 44.9 Å². The number of nitrogens with one attached hydrogen (secondary N) is 2. The minimum Gasteiger partial charge on any atom is -0.379 e. The second kappa shape index (κ2) is 14.7. The third-order valence-electron chi connectivity index (χ3n) is 5.33. The van der Waals surface area contributed by atoms with Gasteiger partial charge in [-0.15, -0.1) is 24.0 Å². The number of ether oxygens (including phenoxy) is 2. The van der Waals surface area contributed by atoms with Crippen molar-refractivity contribution in [1.29, 1.82) is 0 Å². The van der Waals surface area contributed by atoms with Crippen LogP contribution >= 0.6 is 35.6 Å². The zero-order valence-electron chi connectivity index (χ0n) is 18.9. The molecule has 1 unspecified atom stereocenters. The van der Waals surface area contributed by atoms with Crippen LogP contribution in [0.4, 0.5) is 0 Å². The van der Waals surface area contributed by atoms with Crippen molar-refractivity contribution in [3.63, 3.8) is 0 Å². The SMILES string of the molecule is CCNC(=NCc1ccccc1CN1CCOCC1)NCC(OC)c1cccc(Cl)c1.I. The number of hydrogen-bond acceptors (Lipinski definition) is 4. The number of nitrogens with zero attached hydrogens (tertiary/aromatic N) is 2. The van der Waals surface area contributed by atoms with Crippen molar-refractivity contribution < 1.29 is 9.47 Å². The largest absolute Gasteiger partial charge is 0.379 e. The lowest BCUT2D eigenvalue weighted by Crippen LogP contribution is -2.39. The van der Waals surface area contributed by atoms with Gasteiger partial charge < -0.3 is 20.1 Å². The standard InChI is InChI=1S/C24H33ClN4O2.HI/c1-3-26-24(28-17-23(30-2)19-9-6-10-22(25)15-19)27-16-20-7-4-5-8-21(20)18-29-11-13-31-14-12-29;/h4-10,15,23H,3,11-14,16-18H2,1-2H3,(H2,26,27,28);1H. The minimum absolute atomic E-state index is 0. The Morgan fingerprint density at radius 3 is 2.56 bits per heavy atom. The molecule has 3 rings (SSSR count). The summed E-state index contributed by atoms with van der Waals surface area (Å²) in [5, 5.41) is 7.44. The molecule has 0 spiro atoms. The highest BCUT2D eigenvalue weighted by Crippen LogP contribution is 2.20. The van der Waals surface area contributed by atoms with Crippen molar-refractivity contribution in [2.24, 2.45) is 4.99 Å². The Bertz CT molecular complexity index is 846. The van der Waals surface area contributed by atoms with Crippen LogP contribution in [0.3, 0.4) is 0 Å². The van der Waals surface area contributed by atoms with E-state index in [0.29, 0.717) is 18.1 Å². The van der Waals surface area contributed by atoms with Crippen LogP contribution in [-0.4, -0.2) is 57.4 Å². The summed E-state index contributed by atoms with van der Waals surface area (Å²) >= 11 is 6.14. The number of rotatable bonds is 9. The van der Waals surface area contributed by atoms with Crippen LogP contribution in [-0.2, 0) is 22.6 Å². The predicted octanol–water partition coefficient (Wildman–Crippen LogP) is 4.23. The van der Waals surface area contributed by atoms with Gasteiger partial charge in [0.2, 0.25) is 0 Å². The Labute approximate surface area is 213 Å². The molecular formula is C24H34ClIN4O2. The molecule has 0 amide bonds. The lowest BCUT2D eigenvalue weighted by atomic mass is 10.1. The molecule has 1 aliphatic heterocycles. The van der Waals surface area contributed by atoms with Gasteiger partial charge in [-0.2, -0.15) is 0 Å². The lowest BCUT2D eigenvalue weighted by Gasteiger charge is -2.27. The summed E-state index contributed by atoms with van der Waals surface area (Å²) in [4.78, 5) is 7.26. The molecule has 2 aromatic rings. The van der Waals surface area contributed by atoms with Gasteiger partial charge in [-0.3, -0.25) is 4.90 Å². The molecule has 176 valence electrons.